The van der Waals surface area contributed by atoms with Crippen molar-refractivity contribution in [2.75, 3.05) is 47.1 Å². The zero-order valence-corrected chi connectivity index (χ0v) is 13.7. The molecule has 0 aromatic heterocycles. The molecule has 0 radical (unpaired) electrons. The van der Waals surface area contributed by atoms with Crippen molar-refractivity contribution in [3.63, 3.8) is 0 Å². The molecule has 0 aromatic carbocycles. The van der Waals surface area contributed by atoms with E-state index >= 15 is 0 Å². The quantitative estimate of drug-likeness (QED) is 0.510. The summed E-state index contributed by atoms with van der Waals surface area (Å²) in [4.78, 5) is 2.46. The van der Waals surface area contributed by atoms with Crippen molar-refractivity contribution in [1.29, 1.82) is 0 Å². The van der Waals surface area contributed by atoms with Gasteiger partial charge in [-0.2, -0.15) is 0 Å². The van der Waals surface area contributed by atoms with E-state index in [4.69, 9.17) is 9.47 Å². The Morgan fingerprint density at radius 2 is 1.45 bits per heavy atom. The van der Waals surface area contributed by atoms with Crippen molar-refractivity contribution < 1.29 is 9.47 Å². The molecule has 1 rings (SSSR count). The van der Waals surface area contributed by atoms with Crippen LogP contribution >= 0.6 is 0 Å². The molecule has 20 heavy (non-hydrogen) atoms. The van der Waals surface area contributed by atoms with Crippen molar-refractivity contribution in [2.24, 2.45) is 5.92 Å². The second-order valence-corrected chi connectivity index (χ2v) is 6.26. The highest BCUT2D eigenvalue weighted by molar-refractivity contribution is 4.69. The van der Waals surface area contributed by atoms with E-state index in [0.29, 0.717) is 0 Å². The fraction of sp³-hybridized carbons (Fsp3) is 1.00. The van der Waals surface area contributed by atoms with Gasteiger partial charge in [-0.15, -0.1) is 0 Å². The minimum absolute atomic E-state index is 0.886. The Balaban J connectivity index is 1.74. The van der Waals surface area contributed by atoms with Gasteiger partial charge in [0.1, 0.15) is 0 Å². The summed E-state index contributed by atoms with van der Waals surface area (Å²) in [6.07, 6.45) is 11.8. The maximum Gasteiger partial charge on any atom is 0.0466 e. The molecule has 1 saturated heterocycles. The van der Waals surface area contributed by atoms with Gasteiger partial charge in [0, 0.05) is 26.9 Å². The van der Waals surface area contributed by atoms with Crippen LogP contribution in [-0.4, -0.2) is 52.0 Å². The van der Waals surface area contributed by atoms with Crippen molar-refractivity contribution in [3.8, 4) is 0 Å². The number of hydrogen-bond acceptors (Lipinski definition) is 3. The van der Waals surface area contributed by atoms with Gasteiger partial charge in [-0.1, -0.05) is 19.3 Å². The molecule has 1 heterocycles. The number of hydrogen-bond donors (Lipinski definition) is 0. The Bertz CT molecular complexity index is 203. The van der Waals surface area contributed by atoms with E-state index in [2.05, 4.69) is 11.9 Å². The molecule has 1 aliphatic rings. The molecule has 1 fully saturated rings. The van der Waals surface area contributed by atoms with Gasteiger partial charge in [0.05, 0.1) is 0 Å². The third kappa shape index (κ3) is 9.73. The maximum absolute atomic E-state index is 5.67. The molecule has 0 saturated carbocycles. The molecule has 0 bridgehead atoms. The van der Waals surface area contributed by atoms with Gasteiger partial charge in [0.15, 0.2) is 0 Å². The van der Waals surface area contributed by atoms with Gasteiger partial charge in [0.25, 0.3) is 0 Å². The Kier molecular flexibility index (Phi) is 11.3. The van der Waals surface area contributed by atoms with Crippen LogP contribution in [0.4, 0.5) is 0 Å². The summed E-state index contributed by atoms with van der Waals surface area (Å²) >= 11 is 0. The number of unbranched alkanes of at least 4 members (excludes halogenated alkanes) is 4. The van der Waals surface area contributed by atoms with E-state index in [1.165, 1.54) is 64.5 Å². The fourth-order valence-electron chi connectivity index (χ4n) is 2.89. The number of rotatable bonds is 12. The molecule has 120 valence electrons. The lowest BCUT2D eigenvalue weighted by molar-refractivity contribution is 0.121. The first-order valence-electron chi connectivity index (χ1n) is 8.58. The van der Waals surface area contributed by atoms with Gasteiger partial charge < -0.3 is 14.4 Å². The van der Waals surface area contributed by atoms with Crippen molar-refractivity contribution in [3.05, 3.63) is 0 Å². The summed E-state index contributed by atoms with van der Waals surface area (Å²) in [7, 11) is 4.00. The minimum Gasteiger partial charge on any atom is -0.385 e. The largest absolute Gasteiger partial charge is 0.385 e. The third-order valence-electron chi connectivity index (χ3n) is 4.38. The van der Waals surface area contributed by atoms with Crippen LogP contribution in [-0.2, 0) is 9.47 Å². The molecular weight excluding hydrogens is 250 g/mol. The standard InChI is InChI=1S/C17H35NO2/c1-18-12-10-17(11-13-18)9-5-3-7-15-20-16-8-4-6-14-19-2/h17H,3-16H2,1-2H3. The second kappa shape index (κ2) is 12.6. The predicted octanol–water partition coefficient (Wildman–Crippen LogP) is 3.72. The summed E-state index contributed by atoms with van der Waals surface area (Å²) in [6, 6.07) is 0. The Hall–Kier alpha value is -0.120. The van der Waals surface area contributed by atoms with Crippen molar-refractivity contribution >= 4 is 0 Å². The van der Waals surface area contributed by atoms with E-state index in [1.54, 1.807) is 7.11 Å². The lowest BCUT2D eigenvalue weighted by Gasteiger charge is -2.28. The predicted molar refractivity (Wildman–Crippen MR) is 85.2 cm³/mol. The number of likely N-dealkylation sites (tertiary alicyclic amines) is 1. The SMILES string of the molecule is COCCCCCOCCCCCC1CCN(C)CC1. The van der Waals surface area contributed by atoms with Crippen LogP contribution in [0.5, 0.6) is 0 Å². The number of nitrogens with zero attached hydrogens (tertiary/aromatic N) is 1. The molecule has 0 unspecified atom stereocenters. The lowest BCUT2D eigenvalue weighted by Crippen LogP contribution is -2.30. The highest BCUT2D eigenvalue weighted by atomic mass is 16.5. The van der Waals surface area contributed by atoms with E-state index < -0.39 is 0 Å². The lowest BCUT2D eigenvalue weighted by atomic mass is 9.91. The van der Waals surface area contributed by atoms with Crippen molar-refractivity contribution in [2.45, 2.75) is 57.8 Å². The number of ether oxygens (including phenoxy) is 2. The van der Waals surface area contributed by atoms with E-state index in [0.717, 1.165) is 32.2 Å². The van der Waals surface area contributed by atoms with Gasteiger partial charge in [-0.05, 0) is 64.6 Å². The van der Waals surface area contributed by atoms with Crippen LogP contribution < -0.4 is 0 Å². The van der Waals surface area contributed by atoms with Gasteiger partial charge in [-0.25, -0.2) is 0 Å². The summed E-state index contributed by atoms with van der Waals surface area (Å²) < 4.78 is 10.7. The van der Waals surface area contributed by atoms with Crippen LogP contribution in [0.1, 0.15) is 57.8 Å². The summed E-state index contributed by atoms with van der Waals surface area (Å²) in [5, 5.41) is 0. The molecule has 1 aliphatic heterocycles. The number of piperidine rings is 1. The molecule has 0 spiro atoms. The first kappa shape index (κ1) is 17.9. The molecular formula is C17H35NO2. The first-order valence-corrected chi connectivity index (χ1v) is 8.58. The average molecular weight is 285 g/mol. The van der Waals surface area contributed by atoms with Crippen LogP contribution in [0, 0.1) is 5.92 Å². The van der Waals surface area contributed by atoms with Crippen molar-refractivity contribution in [1.82, 2.24) is 4.90 Å². The van der Waals surface area contributed by atoms with Crippen LogP contribution in [0.25, 0.3) is 0 Å². The maximum atomic E-state index is 5.67. The molecule has 0 aromatic rings. The topological polar surface area (TPSA) is 21.7 Å². The van der Waals surface area contributed by atoms with E-state index in [1.807, 2.05) is 0 Å². The van der Waals surface area contributed by atoms with Crippen LogP contribution in [0.2, 0.25) is 0 Å². The van der Waals surface area contributed by atoms with Gasteiger partial charge in [-0.3, -0.25) is 0 Å². The zero-order chi connectivity index (χ0) is 14.5. The minimum atomic E-state index is 0.886. The van der Waals surface area contributed by atoms with Gasteiger partial charge >= 0.3 is 0 Å². The molecule has 3 nitrogen and oxygen atoms in total. The molecule has 0 N–H and O–H groups in total. The van der Waals surface area contributed by atoms with Gasteiger partial charge in [0.2, 0.25) is 0 Å². The van der Waals surface area contributed by atoms with E-state index in [9.17, 15) is 0 Å². The monoisotopic (exact) mass is 285 g/mol. The zero-order valence-electron chi connectivity index (χ0n) is 13.7. The summed E-state index contributed by atoms with van der Waals surface area (Å²) in [5.74, 6) is 0.993. The molecule has 0 amide bonds. The third-order valence-corrected chi connectivity index (χ3v) is 4.38. The normalized spacial score (nSPS) is 17.7. The summed E-state index contributed by atoms with van der Waals surface area (Å²) in [6.45, 7) is 5.38. The number of methoxy groups -OCH3 is 1. The molecule has 3 heteroatoms. The fourth-order valence-corrected chi connectivity index (χ4v) is 2.89. The second-order valence-electron chi connectivity index (χ2n) is 6.26. The molecule has 0 atom stereocenters. The highest BCUT2D eigenvalue weighted by Crippen LogP contribution is 2.21. The summed E-state index contributed by atoms with van der Waals surface area (Å²) in [5.41, 5.74) is 0. The smallest absolute Gasteiger partial charge is 0.0466 e. The van der Waals surface area contributed by atoms with Crippen LogP contribution in [0.3, 0.4) is 0 Å². The Labute approximate surface area is 126 Å². The Morgan fingerprint density at radius 3 is 2.10 bits per heavy atom. The molecule has 0 aliphatic carbocycles. The van der Waals surface area contributed by atoms with E-state index in [-0.39, 0.29) is 0 Å². The van der Waals surface area contributed by atoms with Crippen LogP contribution in [0.15, 0.2) is 0 Å². The first-order chi connectivity index (χ1) is 9.83. The Morgan fingerprint density at radius 1 is 0.850 bits per heavy atom. The average Bonchev–Trinajstić information content (AvgIpc) is 2.47. The highest BCUT2D eigenvalue weighted by Gasteiger charge is 2.15.